The van der Waals surface area contributed by atoms with Crippen LogP contribution in [0.2, 0.25) is 0 Å². The molecule has 4 rings (SSSR count). The summed E-state index contributed by atoms with van der Waals surface area (Å²) in [5.41, 5.74) is 0.674. The Labute approximate surface area is 136 Å². The number of carbonyl (C=O) groups is 2. The Balaban J connectivity index is 1.34. The molecule has 3 atom stereocenters. The van der Waals surface area contributed by atoms with Gasteiger partial charge < -0.3 is 9.80 Å². The lowest BCUT2D eigenvalue weighted by atomic mass is 9.87. The number of hydrogen-bond acceptors (Lipinski definition) is 3. The van der Waals surface area contributed by atoms with Gasteiger partial charge in [-0.05, 0) is 43.2 Å². The standard InChI is InChI=1S/C18H23N3O2/c22-17(14-3-5-19-6-4-14)20-7-9-21(10-8-20)18(23)16-12-13-1-2-15(16)11-13/h3-6,13,15-16H,1-2,7-12H2/t13-,15-,16-/m0/s1. The molecule has 1 aromatic rings. The van der Waals surface area contributed by atoms with Crippen molar-refractivity contribution in [1.82, 2.24) is 14.8 Å². The third-order valence-corrected chi connectivity index (χ3v) is 5.86. The Morgan fingerprint density at radius 3 is 2.26 bits per heavy atom. The van der Waals surface area contributed by atoms with Crippen LogP contribution in [0, 0.1) is 17.8 Å². The van der Waals surface area contributed by atoms with E-state index in [4.69, 9.17) is 0 Å². The number of aromatic nitrogens is 1. The lowest BCUT2D eigenvalue weighted by Crippen LogP contribution is -2.52. The molecule has 1 saturated heterocycles. The first-order chi connectivity index (χ1) is 11.2. The molecule has 0 spiro atoms. The third-order valence-electron chi connectivity index (χ3n) is 5.86. The number of carbonyl (C=O) groups excluding carboxylic acids is 2. The van der Waals surface area contributed by atoms with Gasteiger partial charge in [0.2, 0.25) is 5.91 Å². The van der Waals surface area contributed by atoms with Crippen molar-refractivity contribution in [2.24, 2.45) is 17.8 Å². The van der Waals surface area contributed by atoms with E-state index in [0.717, 1.165) is 12.3 Å². The summed E-state index contributed by atoms with van der Waals surface area (Å²) in [5, 5.41) is 0. The molecule has 0 N–H and O–H groups in total. The first-order valence-electron chi connectivity index (χ1n) is 8.70. The maximum atomic E-state index is 12.8. The lowest BCUT2D eigenvalue weighted by molar-refractivity contribution is -0.138. The molecule has 2 aliphatic carbocycles. The van der Waals surface area contributed by atoms with Crippen molar-refractivity contribution < 1.29 is 9.59 Å². The summed E-state index contributed by atoms with van der Waals surface area (Å²) in [6.45, 7) is 2.61. The van der Waals surface area contributed by atoms with Crippen molar-refractivity contribution >= 4 is 11.8 Å². The third kappa shape index (κ3) is 2.73. The monoisotopic (exact) mass is 313 g/mol. The highest BCUT2D eigenvalue weighted by molar-refractivity contribution is 5.94. The summed E-state index contributed by atoms with van der Waals surface area (Å²) < 4.78 is 0. The smallest absolute Gasteiger partial charge is 0.254 e. The highest BCUT2D eigenvalue weighted by atomic mass is 16.2. The Hall–Kier alpha value is -1.91. The molecular formula is C18H23N3O2. The minimum atomic E-state index is 0.0411. The van der Waals surface area contributed by atoms with E-state index in [9.17, 15) is 9.59 Å². The van der Waals surface area contributed by atoms with Gasteiger partial charge in [-0.2, -0.15) is 0 Å². The van der Waals surface area contributed by atoms with Crippen LogP contribution in [-0.4, -0.2) is 52.8 Å². The summed E-state index contributed by atoms with van der Waals surface area (Å²) in [7, 11) is 0. The Morgan fingerprint density at radius 2 is 1.65 bits per heavy atom. The fourth-order valence-electron chi connectivity index (χ4n) is 4.59. The molecule has 3 fully saturated rings. The molecular weight excluding hydrogens is 290 g/mol. The molecule has 2 heterocycles. The number of nitrogens with zero attached hydrogens (tertiary/aromatic N) is 3. The first kappa shape index (κ1) is 14.7. The van der Waals surface area contributed by atoms with Crippen LogP contribution in [-0.2, 0) is 4.79 Å². The predicted molar refractivity (Wildman–Crippen MR) is 85.7 cm³/mol. The summed E-state index contributed by atoms with van der Waals surface area (Å²) in [6.07, 6.45) is 8.20. The van der Waals surface area contributed by atoms with Gasteiger partial charge in [0.05, 0.1) is 0 Å². The molecule has 5 nitrogen and oxygen atoms in total. The SMILES string of the molecule is O=C(c1ccncc1)N1CCN(C(=O)[C@H]2C[C@H]3CC[C@H]2C3)CC1. The van der Waals surface area contributed by atoms with Gasteiger partial charge in [0.1, 0.15) is 0 Å². The Kier molecular flexibility index (Phi) is 3.79. The summed E-state index contributed by atoms with van der Waals surface area (Å²) in [5.74, 6) is 2.07. The highest BCUT2D eigenvalue weighted by Gasteiger charge is 2.44. The van der Waals surface area contributed by atoms with Crippen molar-refractivity contribution in [2.45, 2.75) is 25.7 Å². The van der Waals surface area contributed by atoms with Crippen LogP contribution in [0.1, 0.15) is 36.0 Å². The fourth-order valence-corrected chi connectivity index (χ4v) is 4.59. The minimum absolute atomic E-state index is 0.0411. The van der Waals surface area contributed by atoms with E-state index in [2.05, 4.69) is 4.98 Å². The molecule has 5 heteroatoms. The lowest BCUT2D eigenvalue weighted by Gasteiger charge is -2.37. The quantitative estimate of drug-likeness (QED) is 0.836. The van der Waals surface area contributed by atoms with Crippen molar-refractivity contribution in [3.8, 4) is 0 Å². The van der Waals surface area contributed by atoms with Crippen LogP contribution in [0.5, 0.6) is 0 Å². The molecule has 23 heavy (non-hydrogen) atoms. The van der Waals surface area contributed by atoms with Gasteiger partial charge in [0.15, 0.2) is 0 Å². The van der Waals surface area contributed by atoms with Gasteiger partial charge in [-0.15, -0.1) is 0 Å². The molecule has 3 aliphatic rings. The second-order valence-corrected chi connectivity index (χ2v) is 7.13. The second-order valence-electron chi connectivity index (χ2n) is 7.13. The predicted octanol–water partition coefficient (Wildman–Crippen LogP) is 1.80. The fraction of sp³-hybridized carbons (Fsp3) is 0.611. The molecule has 2 amide bonds. The molecule has 122 valence electrons. The number of amides is 2. The van der Waals surface area contributed by atoms with Crippen molar-refractivity contribution in [3.63, 3.8) is 0 Å². The Morgan fingerprint density at radius 1 is 0.957 bits per heavy atom. The number of piperazine rings is 1. The zero-order valence-electron chi connectivity index (χ0n) is 13.4. The van der Waals surface area contributed by atoms with Crippen molar-refractivity contribution in [3.05, 3.63) is 30.1 Å². The average molecular weight is 313 g/mol. The van der Waals surface area contributed by atoms with E-state index in [1.54, 1.807) is 24.5 Å². The van der Waals surface area contributed by atoms with E-state index >= 15 is 0 Å². The van der Waals surface area contributed by atoms with Gasteiger partial charge in [-0.1, -0.05) is 6.42 Å². The molecule has 0 unspecified atom stereocenters. The summed E-state index contributed by atoms with van der Waals surface area (Å²) >= 11 is 0. The van der Waals surface area contributed by atoms with Crippen LogP contribution in [0.4, 0.5) is 0 Å². The van der Waals surface area contributed by atoms with Crippen LogP contribution < -0.4 is 0 Å². The molecule has 0 aromatic carbocycles. The van der Waals surface area contributed by atoms with E-state index in [0.29, 0.717) is 43.6 Å². The number of pyridine rings is 1. The van der Waals surface area contributed by atoms with Gasteiger partial charge in [-0.3, -0.25) is 14.6 Å². The molecule has 0 radical (unpaired) electrons. The zero-order valence-corrected chi connectivity index (χ0v) is 13.4. The second kappa shape index (κ2) is 5.95. The first-order valence-corrected chi connectivity index (χ1v) is 8.70. The molecule has 2 bridgehead atoms. The zero-order chi connectivity index (χ0) is 15.8. The number of hydrogen-bond donors (Lipinski definition) is 0. The van der Waals surface area contributed by atoms with E-state index in [1.165, 1.54) is 19.3 Å². The summed E-state index contributed by atoms with van der Waals surface area (Å²) in [6, 6.07) is 3.49. The van der Waals surface area contributed by atoms with Gasteiger partial charge in [0.25, 0.3) is 5.91 Å². The van der Waals surface area contributed by atoms with Gasteiger partial charge in [-0.25, -0.2) is 0 Å². The van der Waals surface area contributed by atoms with Crippen LogP contribution in [0.3, 0.4) is 0 Å². The van der Waals surface area contributed by atoms with Crippen LogP contribution in [0.25, 0.3) is 0 Å². The average Bonchev–Trinajstić information content (AvgIpc) is 3.25. The highest BCUT2D eigenvalue weighted by Crippen LogP contribution is 2.48. The number of rotatable bonds is 2. The largest absolute Gasteiger partial charge is 0.339 e. The van der Waals surface area contributed by atoms with E-state index in [-0.39, 0.29) is 11.8 Å². The van der Waals surface area contributed by atoms with Crippen LogP contribution in [0.15, 0.2) is 24.5 Å². The maximum absolute atomic E-state index is 12.8. The normalized spacial score (nSPS) is 29.8. The van der Waals surface area contributed by atoms with Crippen molar-refractivity contribution in [1.29, 1.82) is 0 Å². The molecule has 2 saturated carbocycles. The summed E-state index contributed by atoms with van der Waals surface area (Å²) in [4.78, 5) is 33.0. The maximum Gasteiger partial charge on any atom is 0.254 e. The number of fused-ring (bicyclic) bond motifs is 2. The van der Waals surface area contributed by atoms with Gasteiger partial charge in [0, 0.05) is 50.1 Å². The van der Waals surface area contributed by atoms with E-state index < -0.39 is 0 Å². The topological polar surface area (TPSA) is 53.5 Å². The van der Waals surface area contributed by atoms with Crippen LogP contribution >= 0.6 is 0 Å². The Bertz CT molecular complexity index is 596. The molecule has 1 aliphatic heterocycles. The van der Waals surface area contributed by atoms with Gasteiger partial charge >= 0.3 is 0 Å². The van der Waals surface area contributed by atoms with Crippen molar-refractivity contribution in [2.75, 3.05) is 26.2 Å². The minimum Gasteiger partial charge on any atom is -0.339 e. The van der Waals surface area contributed by atoms with E-state index in [1.807, 2.05) is 9.80 Å². The molecule has 1 aromatic heterocycles.